The van der Waals surface area contributed by atoms with Crippen molar-refractivity contribution < 1.29 is 13.6 Å². The molecule has 1 amide bonds. The van der Waals surface area contributed by atoms with Crippen molar-refractivity contribution in [3.05, 3.63) is 53.6 Å². The summed E-state index contributed by atoms with van der Waals surface area (Å²) in [6, 6.07) is 2.88. The summed E-state index contributed by atoms with van der Waals surface area (Å²) < 4.78 is 28.4. The topological polar surface area (TPSA) is 38.1 Å². The Morgan fingerprint density at radius 3 is 2.55 bits per heavy atom. The van der Waals surface area contributed by atoms with Gasteiger partial charge < -0.3 is 9.47 Å². The number of aryl methyl sites for hydroxylation is 1. The Bertz CT molecular complexity index is 692. The van der Waals surface area contributed by atoms with Gasteiger partial charge in [0.2, 0.25) is 5.91 Å². The molecule has 0 radical (unpaired) electrons. The van der Waals surface area contributed by atoms with E-state index in [2.05, 4.69) is 4.98 Å². The van der Waals surface area contributed by atoms with Gasteiger partial charge in [0.1, 0.15) is 6.04 Å². The largest absolute Gasteiger partial charge is 0.341 e. The van der Waals surface area contributed by atoms with Crippen molar-refractivity contribution in [3.63, 3.8) is 0 Å². The number of benzene rings is 1. The Labute approximate surface area is 127 Å². The van der Waals surface area contributed by atoms with Gasteiger partial charge >= 0.3 is 0 Å². The minimum atomic E-state index is -0.950. The molecule has 2 aromatic rings. The maximum atomic E-state index is 13.6. The second kappa shape index (κ2) is 5.87. The highest BCUT2D eigenvalue weighted by molar-refractivity contribution is 5.84. The molecule has 1 aliphatic rings. The molecule has 4 nitrogen and oxygen atoms in total. The van der Waals surface area contributed by atoms with E-state index in [4.69, 9.17) is 0 Å². The van der Waals surface area contributed by atoms with Crippen LogP contribution >= 0.6 is 0 Å². The third-order valence-electron chi connectivity index (χ3n) is 3.94. The van der Waals surface area contributed by atoms with Gasteiger partial charge in [-0.25, -0.2) is 13.8 Å². The molecule has 0 aliphatic carbocycles. The average molecular weight is 305 g/mol. The molecule has 0 N–H and O–H groups in total. The quantitative estimate of drug-likeness (QED) is 0.874. The number of hydrogen-bond acceptors (Lipinski definition) is 2. The normalized spacial score (nSPS) is 16.0. The van der Waals surface area contributed by atoms with Gasteiger partial charge in [-0.3, -0.25) is 4.79 Å². The van der Waals surface area contributed by atoms with Gasteiger partial charge in [-0.1, -0.05) is 6.07 Å². The van der Waals surface area contributed by atoms with E-state index in [0.717, 1.165) is 30.7 Å². The number of amides is 1. The first kappa shape index (κ1) is 14.7. The molecule has 2 heterocycles. The Hall–Kier alpha value is -2.24. The van der Waals surface area contributed by atoms with Gasteiger partial charge in [0.25, 0.3) is 0 Å². The van der Waals surface area contributed by atoms with E-state index in [1.807, 2.05) is 6.92 Å². The van der Waals surface area contributed by atoms with Gasteiger partial charge in [-0.05, 0) is 37.5 Å². The Morgan fingerprint density at radius 1 is 1.23 bits per heavy atom. The first-order valence-electron chi connectivity index (χ1n) is 7.30. The number of aromatic nitrogens is 2. The summed E-state index contributed by atoms with van der Waals surface area (Å²) in [6.07, 6.45) is 5.23. The number of likely N-dealkylation sites (tertiary alicyclic amines) is 1. The maximum Gasteiger partial charge on any atom is 0.250 e. The van der Waals surface area contributed by atoms with E-state index < -0.39 is 17.7 Å². The average Bonchev–Trinajstić information content (AvgIpc) is 3.15. The number of imidazole rings is 1. The van der Waals surface area contributed by atoms with Crippen LogP contribution in [0.3, 0.4) is 0 Å². The van der Waals surface area contributed by atoms with Crippen LogP contribution in [0, 0.1) is 18.6 Å². The van der Waals surface area contributed by atoms with Gasteiger partial charge in [0.05, 0.1) is 12.0 Å². The number of rotatable bonds is 3. The van der Waals surface area contributed by atoms with Crippen LogP contribution in [0.15, 0.2) is 30.7 Å². The summed E-state index contributed by atoms with van der Waals surface area (Å²) >= 11 is 0. The molecule has 0 bridgehead atoms. The second-order valence-corrected chi connectivity index (χ2v) is 5.57. The van der Waals surface area contributed by atoms with Crippen LogP contribution in [0.4, 0.5) is 8.78 Å². The molecular formula is C16H17F2N3O. The fourth-order valence-electron chi connectivity index (χ4n) is 2.82. The SMILES string of the molecule is Cc1cn(C(C(=O)N2CCCC2)c2ccc(F)c(F)c2)cn1. The maximum absolute atomic E-state index is 13.6. The molecule has 1 aromatic carbocycles. The first-order chi connectivity index (χ1) is 10.6. The fourth-order valence-corrected chi connectivity index (χ4v) is 2.82. The Balaban J connectivity index is 2.01. The van der Waals surface area contributed by atoms with Crippen LogP contribution in [0.2, 0.25) is 0 Å². The van der Waals surface area contributed by atoms with Crippen molar-refractivity contribution in [3.8, 4) is 0 Å². The van der Waals surface area contributed by atoms with E-state index in [1.165, 1.54) is 6.07 Å². The van der Waals surface area contributed by atoms with Gasteiger partial charge in [-0.2, -0.15) is 0 Å². The first-order valence-corrected chi connectivity index (χ1v) is 7.30. The van der Waals surface area contributed by atoms with Crippen molar-refractivity contribution >= 4 is 5.91 Å². The smallest absolute Gasteiger partial charge is 0.250 e. The summed E-state index contributed by atoms with van der Waals surface area (Å²) in [4.78, 5) is 18.7. The highest BCUT2D eigenvalue weighted by atomic mass is 19.2. The molecule has 22 heavy (non-hydrogen) atoms. The van der Waals surface area contributed by atoms with E-state index >= 15 is 0 Å². The lowest BCUT2D eigenvalue weighted by atomic mass is 10.0. The standard InChI is InChI=1S/C16H17F2N3O/c1-11-9-21(10-19-11)15(16(22)20-6-2-3-7-20)12-4-5-13(17)14(18)8-12/h4-5,8-10,15H,2-3,6-7H2,1H3. The van der Waals surface area contributed by atoms with Crippen molar-refractivity contribution in [1.29, 1.82) is 0 Å². The van der Waals surface area contributed by atoms with Crippen LogP contribution in [-0.4, -0.2) is 33.4 Å². The number of nitrogens with zero attached hydrogens (tertiary/aromatic N) is 3. The lowest BCUT2D eigenvalue weighted by molar-refractivity contribution is -0.132. The number of carbonyl (C=O) groups excluding carboxylic acids is 1. The molecule has 1 aliphatic heterocycles. The molecule has 0 spiro atoms. The molecule has 3 rings (SSSR count). The highest BCUT2D eigenvalue weighted by Gasteiger charge is 2.29. The third kappa shape index (κ3) is 2.73. The zero-order valence-corrected chi connectivity index (χ0v) is 12.3. The van der Waals surface area contributed by atoms with Crippen molar-refractivity contribution in [2.24, 2.45) is 0 Å². The highest BCUT2D eigenvalue weighted by Crippen LogP contribution is 2.25. The van der Waals surface area contributed by atoms with Gasteiger partial charge in [-0.15, -0.1) is 0 Å². The number of carbonyl (C=O) groups is 1. The Morgan fingerprint density at radius 2 is 1.95 bits per heavy atom. The van der Waals surface area contributed by atoms with E-state index in [1.54, 1.807) is 22.0 Å². The predicted octanol–water partition coefficient (Wildman–Crippen LogP) is 2.68. The van der Waals surface area contributed by atoms with E-state index in [9.17, 15) is 13.6 Å². The molecule has 1 atom stereocenters. The summed E-state index contributed by atoms with van der Waals surface area (Å²) in [5.74, 6) is -1.98. The number of hydrogen-bond donors (Lipinski definition) is 0. The molecule has 1 saturated heterocycles. The van der Waals surface area contributed by atoms with Gasteiger partial charge in [0, 0.05) is 19.3 Å². The fraction of sp³-hybridized carbons (Fsp3) is 0.375. The lowest BCUT2D eigenvalue weighted by Gasteiger charge is -2.24. The van der Waals surface area contributed by atoms with Crippen LogP contribution < -0.4 is 0 Å². The summed E-state index contributed by atoms with van der Waals surface area (Å²) in [6.45, 7) is 3.22. The van der Waals surface area contributed by atoms with Crippen LogP contribution in [0.5, 0.6) is 0 Å². The molecule has 6 heteroatoms. The monoisotopic (exact) mass is 305 g/mol. The zero-order chi connectivity index (χ0) is 15.7. The summed E-state index contributed by atoms with van der Waals surface area (Å²) in [5.41, 5.74) is 1.19. The van der Waals surface area contributed by atoms with Crippen LogP contribution in [0.1, 0.15) is 30.1 Å². The minimum absolute atomic E-state index is 0.110. The van der Waals surface area contributed by atoms with Crippen LogP contribution in [0.25, 0.3) is 0 Å². The van der Waals surface area contributed by atoms with Crippen molar-refractivity contribution in [2.45, 2.75) is 25.8 Å². The minimum Gasteiger partial charge on any atom is -0.341 e. The molecule has 1 aromatic heterocycles. The molecule has 1 unspecified atom stereocenters. The number of halogens is 2. The van der Waals surface area contributed by atoms with Crippen molar-refractivity contribution in [1.82, 2.24) is 14.5 Å². The van der Waals surface area contributed by atoms with E-state index in [-0.39, 0.29) is 5.91 Å². The molecule has 0 saturated carbocycles. The van der Waals surface area contributed by atoms with E-state index in [0.29, 0.717) is 18.7 Å². The van der Waals surface area contributed by atoms with Crippen LogP contribution in [-0.2, 0) is 4.79 Å². The predicted molar refractivity (Wildman–Crippen MR) is 77.3 cm³/mol. The lowest BCUT2D eigenvalue weighted by Crippen LogP contribution is -2.35. The van der Waals surface area contributed by atoms with Crippen molar-refractivity contribution in [2.75, 3.05) is 13.1 Å². The molecular weight excluding hydrogens is 288 g/mol. The second-order valence-electron chi connectivity index (χ2n) is 5.57. The summed E-state index contributed by atoms with van der Waals surface area (Å²) in [5, 5.41) is 0. The zero-order valence-electron chi connectivity index (χ0n) is 12.3. The Kier molecular flexibility index (Phi) is 3.92. The molecule has 1 fully saturated rings. The summed E-state index contributed by atoms with van der Waals surface area (Å²) in [7, 11) is 0. The molecule has 116 valence electrons. The third-order valence-corrected chi connectivity index (χ3v) is 3.94. The van der Waals surface area contributed by atoms with Gasteiger partial charge in [0.15, 0.2) is 11.6 Å².